The van der Waals surface area contributed by atoms with E-state index in [4.69, 9.17) is 11.6 Å². The summed E-state index contributed by atoms with van der Waals surface area (Å²) < 4.78 is 81.5. The molecule has 0 aromatic heterocycles. The number of fused-ring (bicyclic) bond motifs is 1. The summed E-state index contributed by atoms with van der Waals surface area (Å²) in [6.07, 6.45) is -7.27. The van der Waals surface area contributed by atoms with Crippen molar-refractivity contribution in [1.29, 1.82) is 0 Å². The van der Waals surface area contributed by atoms with Gasteiger partial charge in [-0.3, -0.25) is 14.4 Å². The zero-order valence-corrected chi connectivity index (χ0v) is 21.7. The summed E-state index contributed by atoms with van der Waals surface area (Å²) in [5, 5.41) is 0.399. The third-order valence-corrected chi connectivity index (χ3v) is 7.67. The Morgan fingerprint density at radius 1 is 0.756 bits per heavy atom. The van der Waals surface area contributed by atoms with Crippen molar-refractivity contribution in [3.63, 3.8) is 0 Å². The molecule has 0 bridgehead atoms. The van der Waals surface area contributed by atoms with Crippen LogP contribution in [0.15, 0.2) is 84.9 Å². The van der Waals surface area contributed by atoms with E-state index in [2.05, 4.69) is 0 Å². The highest BCUT2D eigenvalue weighted by atomic mass is 35.5. The predicted octanol–water partition coefficient (Wildman–Crippen LogP) is 7.73. The minimum atomic E-state index is -5.17. The Labute approximate surface area is 235 Å². The van der Waals surface area contributed by atoms with Crippen LogP contribution in [-0.2, 0) is 21.9 Å². The number of halogens is 7. The number of hydrogen-bond donors (Lipinski definition) is 0. The van der Waals surface area contributed by atoms with Crippen LogP contribution in [0.3, 0.4) is 0 Å². The molecule has 212 valence electrons. The number of alkyl halides is 6. The standard InChI is InChI=1S/C30H20ClF6NO3/c31-21-9-6-17(7-10-21)24(39)12-18-8-11-23(16-4-2-1-3-5-16)26-25(18)27(40)38(28(26)41)22-14-19(29(32,33)34)13-20(15-22)30(35,36)37/h1-11,13-15,18,23,25-26H,12H2/t18-,23+,25?,26?/m1/s1. The number of hydrogen-bond acceptors (Lipinski definition) is 3. The summed E-state index contributed by atoms with van der Waals surface area (Å²) in [5.41, 5.74) is -3.20. The van der Waals surface area contributed by atoms with Gasteiger partial charge in [-0.2, -0.15) is 26.3 Å². The van der Waals surface area contributed by atoms with E-state index in [1.165, 1.54) is 24.3 Å². The molecule has 2 aliphatic rings. The molecule has 0 N–H and O–H groups in total. The summed E-state index contributed by atoms with van der Waals surface area (Å²) in [6.45, 7) is 0. The number of carbonyl (C=O) groups is 3. The fourth-order valence-electron chi connectivity index (χ4n) is 5.52. The Bertz CT molecular complexity index is 1500. The quantitative estimate of drug-likeness (QED) is 0.132. The number of carbonyl (C=O) groups excluding carboxylic acids is 3. The van der Waals surface area contributed by atoms with Gasteiger partial charge in [0.2, 0.25) is 11.8 Å². The second kappa shape index (κ2) is 10.5. The van der Waals surface area contributed by atoms with Crippen molar-refractivity contribution in [2.75, 3.05) is 4.90 Å². The molecule has 0 saturated carbocycles. The Balaban J connectivity index is 1.59. The molecular weight excluding hydrogens is 572 g/mol. The molecule has 1 heterocycles. The minimum absolute atomic E-state index is 0.0660. The Morgan fingerprint density at radius 2 is 1.32 bits per heavy atom. The number of Topliss-reactive ketones (excluding diaryl/α,β-unsaturated/α-hetero) is 1. The minimum Gasteiger partial charge on any atom is -0.294 e. The van der Waals surface area contributed by atoms with E-state index in [1.807, 2.05) is 0 Å². The normalized spacial score (nSPS) is 22.7. The van der Waals surface area contributed by atoms with Gasteiger partial charge in [0.25, 0.3) is 0 Å². The van der Waals surface area contributed by atoms with Crippen LogP contribution < -0.4 is 4.90 Å². The first-order chi connectivity index (χ1) is 19.3. The van der Waals surface area contributed by atoms with Crippen LogP contribution in [-0.4, -0.2) is 17.6 Å². The summed E-state index contributed by atoms with van der Waals surface area (Å²) >= 11 is 5.89. The zero-order valence-electron chi connectivity index (χ0n) is 20.9. The zero-order chi connectivity index (χ0) is 29.7. The smallest absolute Gasteiger partial charge is 0.294 e. The first-order valence-electron chi connectivity index (χ1n) is 12.4. The Hall–Kier alpha value is -3.92. The lowest BCUT2D eigenvalue weighted by molar-refractivity contribution is -0.143. The number of benzene rings is 3. The lowest BCUT2D eigenvalue weighted by Crippen LogP contribution is -2.34. The number of nitrogens with zero attached hydrogens (tertiary/aromatic N) is 1. The van der Waals surface area contributed by atoms with Crippen molar-refractivity contribution < 1.29 is 40.7 Å². The molecule has 0 radical (unpaired) electrons. The molecule has 1 aliphatic carbocycles. The average molecular weight is 592 g/mol. The van der Waals surface area contributed by atoms with Crippen molar-refractivity contribution in [3.05, 3.63) is 112 Å². The van der Waals surface area contributed by atoms with E-state index in [-0.39, 0.29) is 18.3 Å². The van der Waals surface area contributed by atoms with Crippen LogP contribution in [0.2, 0.25) is 5.02 Å². The van der Waals surface area contributed by atoms with Crippen molar-refractivity contribution in [3.8, 4) is 0 Å². The lowest BCUT2D eigenvalue weighted by atomic mass is 9.68. The molecular formula is C30H20ClF6NO3. The fourth-order valence-corrected chi connectivity index (χ4v) is 5.65. The van der Waals surface area contributed by atoms with Crippen LogP contribution in [0.5, 0.6) is 0 Å². The molecule has 0 spiro atoms. The third kappa shape index (κ3) is 5.53. The maximum atomic E-state index is 13.8. The molecule has 2 amide bonds. The Kier molecular flexibility index (Phi) is 7.31. The van der Waals surface area contributed by atoms with Gasteiger partial charge in [-0.15, -0.1) is 0 Å². The second-order valence-electron chi connectivity index (χ2n) is 9.95. The lowest BCUT2D eigenvalue weighted by Gasteiger charge is -2.32. The van der Waals surface area contributed by atoms with Gasteiger partial charge in [0.15, 0.2) is 5.78 Å². The van der Waals surface area contributed by atoms with Gasteiger partial charge in [0, 0.05) is 22.9 Å². The van der Waals surface area contributed by atoms with Gasteiger partial charge in [0.1, 0.15) is 0 Å². The van der Waals surface area contributed by atoms with Gasteiger partial charge in [-0.25, -0.2) is 4.90 Å². The van der Waals surface area contributed by atoms with Crippen LogP contribution >= 0.6 is 11.6 Å². The fraction of sp³-hybridized carbons (Fsp3) is 0.233. The summed E-state index contributed by atoms with van der Waals surface area (Å²) in [4.78, 5) is 41.1. The molecule has 11 heteroatoms. The number of rotatable bonds is 5. The highest BCUT2D eigenvalue weighted by Crippen LogP contribution is 2.49. The van der Waals surface area contributed by atoms with Crippen molar-refractivity contribution in [2.45, 2.75) is 24.7 Å². The predicted molar refractivity (Wildman–Crippen MR) is 138 cm³/mol. The van der Waals surface area contributed by atoms with Gasteiger partial charge in [-0.1, -0.05) is 54.1 Å². The average Bonchev–Trinajstić information content (AvgIpc) is 3.19. The summed E-state index contributed by atoms with van der Waals surface area (Å²) in [6, 6.07) is 15.2. The van der Waals surface area contributed by atoms with E-state index in [9.17, 15) is 40.7 Å². The van der Waals surface area contributed by atoms with Crippen LogP contribution in [0.4, 0.5) is 32.0 Å². The van der Waals surface area contributed by atoms with Gasteiger partial charge in [0.05, 0.1) is 28.7 Å². The van der Waals surface area contributed by atoms with E-state index in [1.54, 1.807) is 42.5 Å². The molecule has 3 aromatic rings. The SMILES string of the molecule is O=C(C[C@H]1C=C[C@@H](c2ccccc2)C2C(=O)N(c3cc(C(F)(F)F)cc(C(F)(F)F)c3)C(=O)C21)c1ccc(Cl)cc1. The first kappa shape index (κ1) is 28.6. The molecule has 41 heavy (non-hydrogen) atoms. The van der Waals surface area contributed by atoms with Crippen LogP contribution in [0.1, 0.15) is 39.4 Å². The van der Waals surface area contributed by atoms with Crippen molar-refractivity contribution in [2.24, 2.45) is 17.8 Å². The highest BCUT2D eigenvalue weighted by Gasteiger charge is 2.56. The number of imide groups is 1. The molecule has 1 saturated heterocycles. The maximum absolute atomic E-state index is 13.8. The van der Waals surface area contributed by atoms with Crippen LogP contribution in [0, 0.1) is 17.8 Å². The summed E-state index contributed by atoms with van der Waals surface area (Å²) in [7, 11) is 0. The first-order valence-corrected chi connectivity index (χ1v) is 12.8. The molecule has 3 aromatic carbocycles. The van der Waals surface area contributed by atoms with Crippen molar-refractivity contribution in [1.82, 2.24) is 0 Å². The third-order valence-electron chi connectivity index (χ3n) is 7.41. The molecule has 5 rings (SSSR count). The maximum Gasteiger partial charge on any atom is 0.416 e. The largest absolute Gasteiger partial charge is 0.416 e. The number of amides is 2. The van der Waals surface area contributed by atoms with E-state index in [0.717, 1.165) is 0 Å². The second-order valence-corrected chi connectivity index (χ2v) is 10.4. The molecule has 1 fully saturated rings. The van der Waals surface area contributed by atoms with E-state index >= 15 is 0 Å². The monoisotopic (exact) mass is 591 g/mol. The molecule has 4 atom stereocenters. The molecule has 1 aliphatic heterocycles. The topological polar surface area (TPSA) is 54.5 Å². The Morgan fingerprint density at radius 3 is 1.88 bits per heavy atom. The molecule has 4 nitrogen and oxygen atoms in total. The molecule has 2 unspecified atom stereocenters. The number of ketones is 1. The summed E-state index contributed by atoms with van der Waals surface area (Å²) in [5.74, 6) is -6.15. The van der Waals surface area contributed by atoms with Gasteiger partial charge in [-0.05, 0) is 53.9 Å². The van der Waals surface area contributed by atoms with Gasteiger partial charge < -0.3 is 0 Å². The highest BCUT2D eigenvalue weighted by molar-refractivity contribution is 6.30. The number of anilines is 1. The van der Waals surface area contributed by atoms with Crippen LogP contribution in [0.25, 0.3) is 0 Å². The number of allylic oxidation sites excluding steroid dienone is 2. The van der Waals surface area contributed by atoms with E-state index < -0.39 is 64.7 Å². The van der Waals surface area contributed by atoms with Crippen molar-refractivity contribution >= 4 is 34.9 Å². The van der Waals surface area contributed by atoms with Gasteiger partial charge >= 0.3 is 12.4 Å². The van der Waals surface area contributed by atoms with E-state index in [0.29, 0.717) is 33.2 Å².